The second-order valence-electron chi connectivity index (χ2n) is 2.42. The minimum absolute atomic E-state index is 0.920. The van der Waals surface area contributed by atoms with E-state index in [4.69, 9.17) is 0 Å². The molecule has 0 saturated carbocycles. The molecule has 0 aromatic carbocycles. The van der Waals surface area contributed by atoms with Crippen molar-refractivity contribution >= 4 is 5.70 Å². The first-order valence-corrected chi connectivity index (χ1v) is 3.64. The van der Waals surface area contributed by atoms with Crippen molar-refractivity contribution in [3.8, 4) is 0 Å². The van der Waals surface area contributed by atoms with Gasteiger partial charge in [0.05, 0.1) is 0 Å². The molecule has 1 aromatic rings. The zero-order valence-corrected chi connectivity index (χ0v) is 6.12. The number of nitrogens with one attached hydrogen (secondary N) is 1. The maximum absolute atomic E-state index is 3.99. The SMILES string of the molecule is [c]1ncnn1C1=CCNCC1. The summed E-state index contributed by atoms with van der Waals surface area (Å²) in [5.41, 5.74) is 1.18. The van der Waals surface area contributed by atoms with Crippen LogP contribution in [0.1, 0.15) is 6.42 Å². The lowest BCUT2D eigenvalue weighted by atomic mass is 10.2. The highest BCUT2D eigenvalue weighted by Crippen LogP contribution is 2.07. The van der Waals surface area contributed by atoms with Gasteiger partial charge in [0.25, 0.3) is 0 Å². The fourth-order valence-electron chi connectivity index (χ4n) is 1.13. The molecular weight excluding hydrogens is 140 g/mol. The third-order valence-electron chi connectivity index (χ3n) is 1.69. The Morgan fingerprint density at radius 1 is 1.64 bits per heavy atom. The fraction of sp³-hybridized carbons (Fsp3) is 0.429. The molecule has 1 aliphatic rings. The Morgan fingerprint density at radius 3 is 3.27 bits per heavy atom. The number of nitrogens with zero attached hydrogens (tertiary/aromatic N) is 3. The van der Waals surface area contributed by atoms with Crippen LogP contribution in [0.25, 0.3) is 5.70 Å². The van der Waals surface area contributed by atoms with E-state index in [1.54, 1.807) is 4.68 Å². The van der Waals surface area contributed by atoms with E-state index in [1.165, 1.54) is 12.0 Å². The van der Waals surface area contributed by atoms with Crippen molar-refractivity contribution in [1.29, 1.82) is 0 Å². The summed E-state index contributed by atoms with van der Waals surface area (Å²) in [5.74, 6) is 0. The molecule has 0 unspecified atom stereocenters. The first-order valence-electron chi connectivity index (χ1n) is 3.64. The van der Waals surface area contributed by atoms with Gasteiger partial charge in [-0.25, -0.2) is 9.67 Å². The quantitative estimate of drug-likeness (QED) is 0.607. The van der Waals surface area contributed by atoms with Crippen LogP contribution in [0.4, 0.5) is 0 Å². The minimum Gasteiger partial charge on any atom is -0.313 e. The largest absolute Gasteiger partial charge is 0.313 e. The van der Waals surface area contributed by atoms with Crippen molar-refractivity contribution in [1.82, 2.24) is 20.1 Å². The minimum atomic E-state index is 0.920. The van der Waals surface area contributed by atoms with Gasteiger partial charge in [-0.3, -0.25) is 0 Å². The molecule has 4 heteroatoms. The standard InChI is InChI=1S/C7H9N4/c1-3-8-4-2-7(1)11-6-9-5-10-11/h1,5,8H,2-4H2. The second kappa shape index (κ2) is 2.84. The molecule has 57 valence electrons. The average molecular weight is 149 g/mol. The molecule has 0 fully saturated rings. The summed E-state index contributed by atoms with van der Waals surface area (Å²) >= 11 is 0. The number of aromatic nitrogens is 3. The second-order valence-corrected chi connectivity index (χ2v) is 2.42. The predicted molar refractivity (Wildman–Crippen MR) is 40.6 cm³/mol. The molecule has 4 nitrogen and oxygen atoms in total. The lowest BCUT2D eigenvalue weighted by molar-refractivity contribution is 0.699. The van der Waals surface area contributed by atoms with E-state index in [-0.39, 0.29) is 0 Å². The van der Waals surface area contributed by atoms with E-state index in [1.807, 2.05) is 0 Å². The maximum atomic E-state index is 3.99. The maximum Gasteiger partial charge on any atom is 0.200 e. The smallest absolute Gasteiger partial charge is 0.200 e. The number of hydrogen-bond donors (Lipinski definition) is 1. The summed E-state index contributed by atoms with van der Waals surface area (Å²) in [6, 6.07) is 0. The molecule has 0 bridgehead atoms. The van der Waals surface area contributed by atoms with Crippen LogP contribution in [-0.4, -0.2) is 27.9 Å². The summed E-state index contributed by atoms with van der Waals surface area (Å²) in [5, 5.41) is 7.22. The fourth-order valence-corrected chi connectivity index (χ4v) is 1.13. The topological polar surface area (TPSA) is 42.7 Å². The molecule has 11 heavy (non-hydrogen) atoms. The van der Waals surface area contributed by atoms with Gasteiger partial charge in [-0.15, -0.1) is 0 Å². The number of hydrogen-bond acceptors (Lipinski definition) is 3. The van der Waals surface area contributed by atoms with Gasteiger partial charge in [0.1, 0.15) is 6.33 Å². The van der Waals surface area contributed by atoms with Gasteiger partial charge in [0, 0.05) is 25.2 Å². The lowest BCUT2D eigenvalue weighted by Crippen LogP contribution is -2.22. The zero-order valence-electron chi connectivity index (χ0n) is 6.12. The Balaban J connectivity index is 2.22. The Hall–Kier alpha value is -1.16. The average Bonchev–Trinajstić information content (AvgIpc) is 2.58. The molecule has 1 aromatic heterocycles. The van der Waals surface area contributed by atoms with Gasteiger partial charge in [-0.05, 0) is 6.08 Å². The van der Waals surface area contributed by atoms with E-state index in [2.05, 4.69) is 27.8 Å². The van der Waals surface area contributed by atoms with Crippen LogP contribution < -0.4 is 5.32 Å². The molecule has 0 spiro atoms. The predicted octanol–water partition coefficient (Wildman–Crippen LogP) is -0.0875. The van der Waals surface area contributed by atoms with E-state index in [0.29, 0.717) is 0 Å². The summed E-state index contributed by atoms with van der Waals surface area (Å²) in [4.78, 5) is 3.76. The number of rotatable bonds is 1. The first-order chi connectivity index (χ1) is 5.47. The van der Waals surface area contributed by atoms with E-state index in [9.17, 15) is 0 Å². The van der Waals surface area contributed by atoms with Crippen LogP contribution in [0.15, 0.2) is 12.4 Å². The normalized spacial score (nSPS) is 18.0. The van der Waals surface area contributed by atoms with Crippen molar-refractivity contribution in [2.75, 3.05) is 13.1 Å². The van der Waals surface area contributed by atoms with Gasteiger partial charge in [-0.2, -0.15) is 5.10 Å². The highest BCUT2D eigenvalue weighted by molar-refractivity contribution is 5.44. The van der Waals surface area contributed by atoms with Crippen molar-refractivity contribution in [2.24, 2.45) is 0 Å². The highest BCUT2D eigenvalue weighted by atomic mass is 15.3. The molecule has 1 N–H and O–H groups in total. The van der Waals surface area contributed by atoms with Gasteiger partial charge < -0.3 is 5.32 Å². The summed E-state index contributed by atoms with van der Waals surface area (Å²) < 4.78 is 1.70. The molecule has 2 rings (SSSR count). The molecule has 1 radical (unpaired) electrons. The van der Waals surface area contributed by atoms with E-state index in [0.717, 1.165) is 19.5 Å². The zero-order chi connectivity index (χ0) is 7.52. The molecule has 0 atom stereocenters. The van der Waals surface area contributed by atoms with Gasteiger partial charge in [0.2, 0.25) is 6.33 Å². The first kappa shape index (κ1) is 6.54. The monoisotopic (exact) mass is 149 g/mol. The Labute approximate surface area is 64.9 Å². The molecule has 0 amide bonds. The van der Waals surface area contributed by atoms with Crippen LogP contribution >= 0.6 is 0 Å². The van der Waals surface area contributed by atoms with Crippen molar-refractivity contribution in [3.05, 3.63) is 18.7 Å². The van der Waals surface area contributed by atoms with Crippen molar-refractivity contribution < 1.29 is 0 Å². The van der Waals surface area contributed by atoms with Crippen LogP contribution in [-0.2, 0) is 0 Å². The van der Waals surface area contributed by atoms with Crippen LogP contribution in [0.2, 0.25) is 0 Å². The molecule has 0 aliphatic carbocycles. The van der Waals surface area contributed by atoms with Crippen molar-refractivity contribution in [3.63, 3.8) is 0 Å². The summed E-state index contributed by atoms with van der Waals surface area (Å²) in [6.07, 6.45) is 7.37. The van der Waals surface area contributed by atoms with Crippen LogP contribution in [0.3, 0.4) is 0 Å². The molecular formula is C7H9N4. The molecule has 0 saturated heterocycles. The third kappa shape index (κ3) is 1.30. The lowest BCUT2D eigenvalue weighted by Gasteiger charge is -2.12. The summed E-state index contributed by atoms with van der Waals surface area (Å²) in [7, 11) is 0. The highest BCUT2D eigenvalue weighted by Gasteiger charge is 2.04. The van der Waals surface area contributed by atoms with Crippen molar-refractivity contribution in [2.45, 2.75) is 6.42 Å². The van der Waals surface area contributed by atoms with E-state index >= 15 is 0 Å². The molecule has 2 heterocycles. The summed E-state index contributed by atoms with van der Waals surface area (Å²) in [6.45, 7) is 1.93. The van der Waals surface area contributed by atoms with Gasteiger partial charge >= 0.3 is 0 Å². The Bertz CT molecular complexity index is 249. The van der Waals surface area contributed by atoms with Gasteiger partial charge in [0.15, 0.2) is 0 Å². The van der Waals surface area contributed by atoms with Crippen LogP contribution in [0.5, 0.6) is 0 Å². The third-order valence-corrected chi connectivity index (χ3v) is 1.69. The van der Waals surface area contributed by atoms with E-state index < -0.39 is 0 Å². The Kier molecular flexibility index (Phi) is 1.69. The van der Waals surface area contributed by atoms with Gasteiger partial charge in [-0.1, -0.05) is 0 Å². The Morgan fingerprint density at radius 2 is 2.64 bits per heavy atom. The van der Waals surface area contributed by atoms with Crippen LogP contribution in [0, 0.1) is 6.33 Å². The molecule has 1 aliphatic heterocycles.